The maximum Gasteiger partial charge on any atom is 0.128 e. The fraction of sp³-hybridized carbons (Fsp3) is 0.412. The van der Waals surface area contributed by atoms with E-state index in [1.807, 2.05) is 24.4 Å². The molecule has 116 valence electrons. The quantitative estimate of drug-likeness (QED) is 0.834. The lowest BCUT2D eigenvalue weighted by Crippen LogP contribution is -2.31. The molecule has 0 fully saturated rings. The lowest BCUT2D eigenvalue weighted by atomic mass is 10.1. The second-order valence-electron chi connectivity index (χ2n) is 5.67. The second-order valence-corrected chi connectivity index (χ2v) is 6.48. The molecule has 2 aromatic rings. The molecule has 3 rings (SSSR count). The maximum atomic E-state index is 6.27. The van der Waals surface area contributed by atoms with Gasteiger partial charge in [0.15, 0.2) is 0 Å². The maximum absolute atomic E-state index is 6.27. The molecule has 1 aliphatic rings. The summed E-state index contributed by atoms with van der Waals surface area (Å²) >= 11 is 12.5. The molecule has 1 aliphatic heterocycles. The molecular formula is C17H19Cl2N3. The van der Waals surface area contributed by atoms with Gasteiger partial charge in [0.2, 0.25) is 0 Å². The van der Waals surface area contributed by atoms with Crippen LogP contribution in [0.5, 0.6) is 0 Å². The van der Waals surface area contributed by atoms with Crippen molar-refractivity contribution in [2.24, 2.45) is 0 Å². The molecule has 2 heterocycles. The topological polar surface area (TPSA) is 29.0 Å². The zero-order valence-electron chi connectivity index (χ0n) is 12.6. The van der Waals surface area contributed by atoms with Crippen LogP contribution >= 0.6 is 23.2 Å². The third-order valence-electron chi connectivity index (χ3n) is 3.98. The van der Waals surface area contributed by atoms with Crippen molar-refractivity contribution < 1.29 is 0 Å². The number of hydrogen-bond acceptors (Lipinski definition) is 3. The highest BCUT2D eigenvalue weighted by atomic mass is 35.5. The summed E-state index contributed by atoms with van der Waals surface area (Å²) in [5.74, 6) is 0.962. The first-order valence-corrected chi connectivity index (χ1v) is 8.42. The predicted octanol–water partition coefficient (Wildman–Crippen LogP) is 4.29. The summed E-state index contributed by atoms with van der Waals surface area (Å²) < 4.78 is 0. The summed E-state index contributed by atoms with van der Waals surface area (Å²) in [5, 5.41) is 1.46. The summed E-state index contributed by atoms with van der Waals surface area (Å²) in [6.45, 7) is 4.73. The number of aryl methyl sites for hydroxylation is 1. The van der Waals surface area contributed by atoms with Crippen molar-refractivity contribution in [1.29, 1.82) is 0 Å². The minimum Gasteiger partial charge on any atom is -0.294 e. The van der Waals surface area contributed by atoms with Crippen LogP contribution in [0.3, 0.4) is 0 Å². The molecule has 3 nitrogen and oxygen atoms in total. The average Bonchev–Trinajstić information content (AvgIpc) is 2.51. The Hall–Kier alpha value is -1.16. The Morgan fingerprint density at radius 2 is 2.00 bits per heavy atom. The lowest BCUT2D eigenvalue weighted by Gasteiger charge is -2.28. The van der Waals surface area contributed by atoms with Gasteiger partial charge in [-0.25, -0.2) is 9.97 Å². The third-order valence-corrected chi connectivity index (χ3v) is 4.69. The highest BCUT2D eigenvalue weighted by Gasteiger charge is 2.20. The van der Waals surface area contributed by atoms with Gasteiger partial charge in [0.25, 0.3) is 0 Å². The molecule has 5 heteroatoms. The molecule has 0 saturated carbocycles. The Morgan fingerprint density at radius 1 is 1.23 bits per heavy atom. The molecule has 0 atom stereocenters. The smallest absolute Gasteiger partial charge is 0.128 e. The zero-order valence-corrected chi connectivity index (χ0v) is 14.2. The van der Waals surface area contributed by atoms with Crippen molar-refractivity contribution >= 4 is 23.2 Å². The number of hydrogen-bond donors (Lipinski definition) is 0. The van der Waals surface area contributed by atoms with Crippen molar-refractivity contribution in [3.05, 3.63) is 57.1 Å². The van der Waals surface area contributed by atoms with Gasteiger partial charge in [-0.3, -0.25) is 4.90 Å². The van der Waals surface area contributed by atoms with Crippen LogP contribution in [0, 0.1) is 0 Å². The van der Waals surface area contributed by atoms with E-state index in [0.717, 1.165) is 60.3 Å². The fourth-order valence-electron chi connectivity index (χ4n) is 2.80. The summed E-state index contributed by atoms with van der Waals surface area (Å²) in [6.07, 6.45) is 4.96. The number of aromatic nitrogens is 2. The van der Waals surface area contributed by atoms with Gasteiger partial charge in [0, 0.05) is 65.5 Å². The van der Waals surface area contributed by atoms with E-state index in [9.17, 15) is 0 Å². The van der Waals surface area contributed by atoms with Crippen LogP contribution in [0.15, 0.2) is 24.4 Å². The van der Waals surface area contributed by atoms with Crippen molar-refractivity contribution in [2.45, 2.75) is 39.3 Å². The second kappa shape index (κ2) is 6.95. The Labute approximate surface area is 141 Å². The molecule has 0 N–H and O–H groups in total. The van der Waals surface area contributed by atoms with Crippen LogP contribution in [0.2, 0.25) is 10.0 Å². The zero-order chi connectivity index (χ0) is 15.5. The van der Waals surface area contributed by atoms with Gasteiger partial charge in [-0.2, -0.15) is 0 Å². The van der Waals surface area contributed by atoms with Crippen LogP contribution in [0.25, 0.3) is 0 Å². The minimum absolute atomic E-state index is 0.729. The van der Waals surface area contributed by atoms with Crippen molar-refractivity contribution in [3.8, 4) is 0 Å². The lowest BCUT2D eigenvalue weighted by molar-refractivity contribution is 0.242. The standard InChI is InChI=1S/C17H19Cl2N3/c1-2-4-17-20-9-12-10-22(8-7-16(12)21-17)11-13-14(18)5-3-6-15(13)19/h3,5-6,9H,2,4,7-8,10-11H2,1H3. The Bertz CT molecular complexity index is 653. The number of halogens is 2. The summed E-state index contributed by atoms with van der Waals surface area (Å²) in [7, 11) is 0. The minimum atomic E-state index is 0.729. The van der Waals surface area contributed by atoms with Gasteiger partial charge < -0.3 is 0 Å². The molecule has 0 spiro atoms. The van der Waals surface area contributed by atoms with E-state index in [-0.39, 0.29) is 0 Å². The highest BCUT2D eigenvalue weighted by Crippen LogP contribution is 2.27. The van der Waals surface area contributed by atoms with Crippen LogP contribution in [0.1, 0.15) is 36.0 Å². The molecular weight excluding hydrogens is 317 g/mol. The van der Waals surface area contributed by atoms with E-state index in [2.05, 4.69) is 21.8 Å². The average molecular weight is 336 g/mol. The Balaban J connectivity index is 1.74. The van der Waals surface area contributed by atoms with Crippen molar-refractivity contribution in [3.63, 3.8) is 0 Å². The predicted molar refractivity (Wildman–Crippen MR) is 90.3 cm³/mol. The largest absolute Gasteiger partial charge is 0.294 e. The van der Waals surface area contributed by atoms with E-state index < -0.39 is 0 Å². The van der Waals surface area contributed by atoms with E-state index in [4.69, 9.17) is 23.2 Å². The number of rotatable bonds is 4. The van der Waals surface area contributed by atoms with Gasteiger partial charge in [-0.1, -0.05) is 36.2 Å². The molecule has 1 aromatic carbocycles. The molecule has 0 aliphatic carbocycles. The van der Waals surface area contributed by atoms with E-state index >= 15 is 0 Å². The summed E-state index contributed by atoms with van der Waals surface area (Å²) in [5.41, 5.74) is 3.41. The van der Waals surface area contributed by atoms with Crippen molar-refractivity contribution in [1.82, 2.24) is 14.9 Å². The number of nitrogens with zero attached hydrogens (tertiary/aromatic N) is 3. The normalized spacial score (nSPS) is 14.9. The van der Waals surface area contributed by atoms with Gasteiger partial charge >= 0.3 is 0 Å². The first-order chi connectivity index (χ1) is 10.7. The van der Waals surface area contributed by atoms with Crippen LogP contribution in [0.4, 0.5) is 0 Å². The molecule has 0 saturated heterocycles. The molecule has 0 amide bonds. The molecule has 22 heavy (non-hydrogen) atoms. The summed E-state index contributed by atoms with van der Waals surface area (Å²) in [6, 6.07) is 5.66. The molecule has 0 radical (unpaired) electrons. The first-order valence-electron chi connectivity index (χ1n) is 7.66. The van der Waals surface area contributed by atoms with Crippen LogP contribution < -0.4 is 0 Å². The molecule has 0 unspecified atom stereocenters. The van der Waals surface area contributed by atoms with Crippen LogP contribution in [-0.4, -0.2) is 21.4 Å². The first kappa shape index (κ1) is 15.7. The van der Waals surface area contributed by atoms with Crippen LogP contribution in [-0.2, 0) is 25.9 Å². The Morgan fingerprint density at radius 3 is 2.73 bits per heavy atom. The van der Waals surface area contributed by atoms with Crippen molar-refractivity contribution in [2.75, 3.05) is 6.54 Å². The number of fused-ring (bicyclic) bond motifs is 1. The Kier molecular flexibility index (Phi) is 4.97. The third kappa shape index (κ3) is 3.43. The fourth-order valence-corrected chi connectivity index (χ4v) is 3.32. The van der Waals surface area contributed by atoms with Gasteiger partial charge in [-0.15, -0.1) is 0 Å². The molecule has 1 aromatic heterocycles. The number of benzene rings is 1. The molecule has 0 bridgehead atoms. The highest BCUT2D eigenvalue weighted by molar-refractivity contribution is 6.35. The SMILES string of the molecule is CCCc1ncc2c(n1)CCN(Cc1c(Cl)cccc1Cl)C2. The van der Waals surface area contributed by atoms with E-state index in [0.29, 0.717) is 0 Å². The van der Waals surface area contributed by atoms with Gasteiger partial charge in [0.05, 0.1) is 0 Å². The van der Waals surface area contributed by atoms with E-state index in [1.165, 1.54) is 11.3 Å². The van der Waals surface area contributed by atoms with E-state index in [1.54, 1.807) is 0 Å². The summed E-state index contributed by atoms with van der Waals surface area (Å²) in [4.78, 5) is 11.5. The van der Waals surface area contributed by atoms with Gasteiger partial charge in [-0.05, 0) is 18.6 Å². The van der Waals surface area contributed by atoms with Gasteiger partial charge in [0.1, 0.15) is 5.82 Å². The monoisotopic (exact) mass is 335 g/mol.